The molecule has 0 unspecified atom stereocenters. The van der Waals surface area contributed by atoms with Gasteiger partial charge in [0.15, 0.2) is 0 Å². The van der Waals surface area contributed by atoms with Crippen LogP contribution in [-0.2, 0) is 4.79 Å². The fourth-order valence-corrected chi connectivity index (χ4v) is 2.07. The summed E-state index contributed by atoms with van der Waals surface area (Å²) in [5.41, 5.74) is 0. The van der Waals surface area contributed by atoms with E-state index in [1.165, 1.54) is 4.79 Å². The van der Waals surface area contributed by atoms with E-state index < -0.39 is 41.8 Å². The van der Waals surface area contributed by atoms with E-state index in [0.29, 0.717) is 7.05 Å². The monoisotopic (exact) mass is 362 g/mol. The molecule has 0 bridgehead atoms. The molecular weight excluding hydrogens is 352 g/mol. The van der Waals surface area contributed by atoms with Crippen molar-refractivity contribution in [1.29, 1.82) is 0 Å². The maximum absolute atomic E-state index is 13.3. The van der Waals surface area contributed by atoms with Crippen LogP contribution in [0.15, 0.2) is 0 Å². The van der Waals surface area contributed by atoms with Gasteiger partial charge in [-0.2, -0.15) is 0 Å². The fraction of sp³-hybridized carbons (Fsp3) is 0.750. The predicted octanol–water partition coefficient (Wildman–Crippen LogP) is 1.13. The van der Waals surface area contributed by atoms with Gasteiger partial charge in [0, 0.05) is 0 Å². The Balaban J connectivity index is 5.80. The van der Waals surface area contributed by atoms with Gasteiger partial charge in [-0.25, -0.2) is 0 Å². The van der Waals surface area contributed by atoms with Crippen LogP contribution in [0.5, 0.6) is 0 Å². The van der Waals surface area contributed by atoms with Crippen molar-refractivity contribution in [3.05, 3.63) is 0 Å². The molecule has 0 aromatic carbocycles. The molecule has 112 valence electrons. The summed E-state index contributed by atoms with van der Waals surface area (Å²) >= 11 is -1.44. The van der Waals surface area contributed by atoms with Gasteiger partial charge in [0.25, 0.3) is 0 Å². The molecule has 11 heteroatoms. The Hall–Kier alpha value is -0.601. The van der Waals surface area contributed by atoms with Crippen LogP contribution < -0.4 is 0 Å². The normalized spacial score (nSPS) is 13.7. The Morgan fingerprint density at radius 1 is 1.00 bits per heavy atom. The average molecular weight is 361 g/mol. The molecule has 0 radical (unpaired) electrons. The van der Waals surface area contributed by atoms with Crippen LogP contribution in [0.4, 0.5) is 30.7 Å². The van der Waals surface area contributed by atoms with Gasteiger partial charge in [0.2, 0.25) is 0 Å². The quantitative estimate of drug-likeness (QED) is 0.426. The zero-order chi connectivity index (χ0) is 15.6. The fourth-order valence-electron chi connectivity index (χ4n) is 0.998. The van der Waals surface area contributed by atoms with Crippen LogP contribution in [0, 0.1) is 0 Å². The number of halogens is 7. The number of nitrogens with zero attached hydrogens (tertiary/aromatic N) is 2. The number of hydrogen-bond acceptors (Lipinski definition) is 3. The van der Waals surface area contributed by atoms with Gasteiger partial charge >= 0.3 is 108 Å². The summed E-state index contributed by atoms with van der Waals surface area (Å²) in [4.78, 5) is 11.7. The van der Waals surface area contributed by atoms with Crippen molar-refractivity contribution >= 4 is 23.5 Å². The van der Waals surface area contributed by atoms with E-state index in [2.05, 4.69) is 0 Å². The van der Waals surface area contributed by atoms with E-state index >= 15 is 0 Å². The van der Waals surface area contributed by atoms with Gasteiger partial charge in [-0.1, -0.05) is 0 Å². The molecule has 0 aromatic heterocycles. The van der Waals surface area contributed by atoms with Gasteiger partial charge in [-0.15, -0.1) is 0 Å². The molecule has 0 atom stereocenters. The molecule has 0 saturated heterocycles. The zero-order valence-corrected chi connectivity index (χ0v) is 11.6. The first-order chi connectivity index (χ1) is 8.30. The van der Waals surface area contributed by atoms with Crippen molar-refractivity contribution in [2.24, 2.45) is 0 Å². The molecule has 0 aliphatic rings. The Labute approximate surface area is 109 Å². The van der Waals surface area contributed by atoms with E-state index in [9.17, 15) is 35.5 Å². The molecule has 0 fully saturated rings. The van der Waals surface area contributed by atoms with Crippen molar-refractivity contribution in [3.8, 4) is 0 Å². The Bertz CT molecular complexity index is 421. The molecule has 0 aromatic rings. The molecule has 19 heavy (non-hydrogen) atoms. The minimum absolute atomic E-state index is 0.355. The van der Waals surface area contributed by atoms with Gasteiger partial charge in [0.05, 0.1) is 0 Å². The molecular formula is C8H9F7N2OSe. The van der Waals surface area contributed by atoms with Crippen LogP contribution in [0.2, 0.25) is 0 Å². The first kappa shape index (κ1) is 18.4. The second-order valence-electron chi connectivity index (χ2n) is 3.53. The SMILES string of the molecule is CN(C)C(=[Se]=C=O)N(C)C(F)(F)C(F)(F)C(F)(F)F. The van der Waals surface area contributed by atoms with E-state index in [1.807, 2.05) is 0 Å². The average Bonchev–Trinajstić information content (AvgIpc) is 2.22. The Morgan fingerprint density at radius 3 is 1.68 bits per heavy atom. The topological polar surface area (TPSA) is 23.6 Å². The van der Waals surface area contributed by atoms with Crippen molar-refractivity contribution in [1.82, 2.24) is 9.80 Å². The van der Waals surface area contributed by atoms with E-state index in [1.54, 1.807) is 0 Å². The van der Waals surface area contributed by atoms with Crippen LogP contribution >= 0.6 is 0 Å². The van der Waals surface area contributed by atoms with Crippen molar-refractivity contribution in [2.45, 2.75) is 18.1 Å². The standard InChI is InChI=1S/C8H9F7N2OSe/c1-16(2)5(19-4-18)17(3)8(14,15)6(9,10)7(11,12)13/h1-3H3. The van der Waals surface area contributed by atoms with Crippen LogP contribution in [-0.4, -0.2) is 72.6 Å². The Morgan fingerprint density at radius 2 is 1.42 bits per heavy atom. The van der Waals surface area contributed by atoms with Gasteiger partial charge in [-0.3, -0.25) is 0 Å². The summed E-state index contributed by atoms with van der Waals surface area (Å²) in [7, 11) is 2.62. The number of hydrogen-bond donors (Lipinski definition) is 0. The van der Waals surface area contributed by atoms with E-state index in [4.69, 9.17) is 0 Å². The van der Waals surface area contributed by atoms with E-state index in [0.717, 1.165) is 19.0 Å². The minimum atomic E-state index is -6.42. The second kappa shape index (κ2) is 5.80. The van der Waals surface area contributed by atoms with Crippen molar-refractivity contribution in [3.63, 3.8) is 0 Å². The number of alkyl halides is 7. The molecule has 0 saturated carbocycles. The summed E-state index contributed by atoms with van der Waals surface area (Å²) < 4.78 is 87.5. The van der Waals surface area contributed by atoms with E-state index in [-0.39, 0.29) is 0 Å². The van der Waals surface area contributed by atoms with Gasteiger partial charge in [-0.05, 0) is 0 Å². The molecule has 3 nitrogen and oxygen atoms in total. The third kappa shape index (κ3) is 3.49. The molecule has 0 aliphatic heterocycles. The Kier molecular flexibility index (Phi) is 5.62. The summed E-state index contributed by atoms with van der Waals surface area (Å²) in [5, 5.41) is 0. The summed E-state index contributed by atoms with van der Waals surface area (Å²) in [5.74, 6) is -6.25. The second-order valence-corrected chi connectivity index (χ2v) is 5.08. The third-order valence-electron chi connectivity index (χ3n) is 1.96. The zero-order valence-electron chi connectivity index (χ0n) is 9.86. The molecule has 0 rings (SSSR count). The summed E-state index contributed by atoms with van der Waals surface area (Å²) in [6, 6.07) is -5.52. The number of rotatable bonds is 4. The molecule has 0 amide bonds. The first-order valence-corrected chi connectivity index (χ1v) is 6.16. The van der Waals surface area contributed by atoms with Crippen molar-refractivity contribution < 1.29 is 35.5 Å². The molecule has 0 aliphatic carbocycles. The van der Waals surface area contributed by atoms with Crippen molar-refractivity contribution in [2.75, 3.05) is 21.1 Å². The third-order valence-corrected chi connectivity index (χ3v) is 3.86. The van der Waals surface area contributed by atoms with Crippen LogP contribution in [0.25, 0.3) is 0 Å². The van der Waals surface area contributed by atoms with Gasteiger partial charge in [0.1, 0.15) is 0 Å². The molecule has 0 spiro atoms. The molecule has 0 heterocycles. The summed E-state index contributed by atoms with van der Waals surface area (Å²) in [6.07, 6.45) is -6.42. The predicted molar refractivity (Wildman–Crippen MR) is 53.9 cm³/mol. The molecule has 0 N–H and O–H groups in total. The van der Waals surface area contributed by atoms with Gasteiger partial charge < -0.3 is 0 Å². The maximum atomic E-state index is 13.3. The number of carbonyl (C=O) groups excluding carboxylic acids is 1. The summed E-state index contributed by atoms with van der Waals surface area (Å²) in [6.45, 7) is 0. The van der Waals surface area contributed by atoms with Crippen LogP contribution in [0.1, 0.15) is 0 Å². The first-order valence-electron chi connectivity index (χ1n) is 4.45. The van der Waals surface area contributed by atoms with Crippen LogP contribution in [0.3, 0.4) is 0 Å².